The van der Waals surface area contributed by atoms with Crippen LogP contribution in [0.25, 0.3) is 0 Å². The Bertz CT molecular complexity index is 795. The highest BCUT2D eigenvalue weighted by Gasteiger charge is 2.36. The van der Waals surface area contributed by atoms with E-state index in [1.54, 1.807) is 7.11 Å². The van der Waals surface area contributed by atoms with Gasteiger partial charge in [-0.3, -0.25) is 0 Å². The van der Waals surface area contributed by atoms with Crippen LogP contribution in [0.5, 0.6) is 5.75 Å². The number of rotatable bonds is 4. The molecule has 2 aromatic carbocycles. The first kappa shape index (κ1) is 17.4. The number of thiocarbonyl (C=S) groups is 1. The molecule has 24 heavy (non-hydrogen) atoms. The summed E-state index contributed by atoms with van der Waals surface area (Å²) in [5.74, 6) is 0.808. The minimum atomic E-state index is -2.34. The molecule has 2 aromatic rings. The van der Waals surface area contributed by atoms with Gasteiger partial charge in [0.2, 0.25) is 0 Å². The van der Waals surface area contributed by atoms with Gasteiger partial charge in [-0.15, -0.1) is 0 Å². The molecule has 4 nitrogen and oxygen atoms in total. The fourth-order valence-corrected chi connectivity index (χ4v) is 6.22. The summed E-state index contributed by atoms with van der Waals surface area (Å²) in [7, 11) is 3.49. The number of benzene rings is 2. The number of anilines is 1. The monoisotopic (exact) mass is 378 g/mol. The molecule has 1 saturated heterocycles. The third kappa shape index (κ3) is 3.07. The molecule has 0 amide bonds. The number of nitrogens with one attached hydrogen (secondary N) is 1. The van der Waals surface area contributed by atoms with Crippen molar-refractivity contribution in [3.63, 3.8) is 0 Å². The smallest absolute Gasteiger partial charge is 0.186 e. The highest BCUT2D eigenvalue weighted by molar-refractivity contribution is 8.16. The lowest BCUT2D eigenvalue weighted by Gasteiger charge is -2.30. The normalized spacial score (nSPS) is 20.0. The quantitative estimate of drug-likeness (QED) is 0.651. The maximum absolute atomic E-state index is 6.08. The van der Waals surface area contributed by atoms with Crippen LogP contribution in [0.3, 0.4) is 0 Å². The van der Waals surface area contributed by atoms with Crippen molar-refractivity contribution in [1.29, 1.82) is 0 Å². The largest absolute Gasteiger partial charge is 0.497 e. The summed E-state index contributed by atoms with van der Waals surface area (Å²) in [6.07, 6.45) is -2.34. The Labute approximate surface area is 152 Å². The fraction of sp³-hybridized carbons (Fsp3) is 0.235. The number of ether oxygens (including phenoxy) is 1. The maximum atomic E-state index is 6.08. The average molecular weight is 378 g/mol. The fourth-order valence-electron chi connectivity index (χ4n) is 2.72. The van der Waals surface area contributed by atoms with Crippen LogP contribution < -0.4 is 20.0 Å². The molecular weight excluding hydrogens is 359 g/mol. The van der Waals surface area contributed by atoms with Gasteiger partial charge >= 0.3 is 0 Å². The standard InChI is InChI=1S/C17H19N2O2PS2/c1-18-17(23)15-5-3-4-6-16(15)19-11-12-21-22(19,24)14-9-7-13(20-2)8-10-14/h3-10H,11-12H2,1-2H3,(H,18,23)/t22-/m0/s1. The maximum Gasteiger partial charge on any atom is 0.186 e. The first-order valence-corrected chi connectivity index (χ1v) is 10.7. The molecule has 0 bridgehead atoms. The molecule has 0 aromatic heterocycles. The van der Waals surface area contributed by atoms with E-state index in [9.17, 15) is 0 Å². The Kier molecular flexibility index (Phi) is 5.21. The minimum Gasteiger partial charge on any atom is -0.497 e. The van der Waals surface area contributed by atoms with E-state index >= 15 is 0 Å². The van der Waals surface area contributed by atoms with Crippen molar-refractivity contribution in [2.45, 2.75) is 0 Å². The van der Waals surface area contributed by atoms with Crippen molar-refractivity contribution < 1.29 is 9.26 Å². The summed E-state index contributed by atoms with van der Waals surface area (Å²) in [5.41, 5.74) is 2.00. The summed E-state index contributed by atoms with van der Waals surface area (Å²) in [6.45, 7) is 1.37. The van der Waals surface area contributed by atoms with Crippen molar-refractivity contribution in [2.75, 3.05) is 32.0 Å². The third-order valence-electron chi connectivity index (χ3n) is 3.94. The molecule has 126 valence electrons. The van der Waals surface area contributed by atoms with Gasteiger partial charge in [0, 0.05) is 24.5 Å². The Hall–Kier alpha value is -1.46. The lowest BCUT2D eigenvalue weighted by atomic mass is 10.1. The van der Waals surface area contributed by atoms with E-state index in [4.69, 9.17) is 33.3 Å². The van der Waals surface area contributed by atoms with Gasteiger partial charge in [-0.25, -0.2) is 0 Å². The van der Waals surface area contributed by atoms with Crippen molar-refractivity contribution in [3.8, 4) is 5.75 Å². The third-order valence-corrected chi connectivity index (χ3v) is 8.44. The second kappa shape index (κ2) is 7.19. The van der Waals surface area contributed by atoms with Gasteiger partial charge in [0.1, 0.15) is 10.7 Å². The Morgan fingerprint density at radius 1 is 1.21 bits per heavy atom. The lowest BCUT2D eigenvalue weighted by Crippen LogP contribution is -2.25. The Balaban J connectivity index is 2.04. The number of nitrogens with zero attached hydrogens (tertiary/aromatic N) is 1. The molecule has 0 aliphatic carbocycles. The molecule has 1 aliphatic heterocycles. The molecule has 7 heteroatoms. The van der Waals surface area contributed by atoms with Crippen LogP contribution in [0.2, 0.25) is 0 Å². The van der Waals surface area contributed by atoms with Gasteiger partial charge in [0.15, 0.2) is 6.42 Å². The van der Waals surface area contributed by atoms with Crippen LogP contribution in [0.15, 0.2) is 48.5 Å². The second-order valence-electron chi connectivity index (χ2n) is 5.27. The predicted octanol–water partition coefficient (Wildman–Crippen LogP) is 3.06. The van der Waals surface area contributed by atoms with Crippen LogP contribution >= 0.6 is 18.6 Å². The van der Waals surface area contributed by atoms with Gasteiger partial charge in [0.05, 0.1) is 19.4 Å². The predicted molar refractivity (Wildman–Crippen MR) is 107 cm³/mol. The molecular formula is C17H19N2O2PS2. The summed E-state index contributed by atoms with van der Waals surface area (Å²) >= 11 is 11.5. The number of hydrogen-bond acceptors (Lipinski definition) is 4. The first-order valence-electron chi connectivity index (χ1n) is 7.58. The van der Waals surface area contributed by atoms with E-state index in [0.29, 0.717) is 11.6 Å². The van der Waals surface area contributed by atoms with Crippen LogP contribution in [0.4, 0.5) is 5.69 Å². The van der Waals surface area contributed by atoms with E-state index in [1.165, 1.54) is 0 Å². The van der Waals surface area contributed by atoms with Crippen LogP contribution in [-0.4, -0.2) is 32.3 Å². The van der Waals surface area contributed by atoms with E-state index < -0.39 is 6.42 Å². The van der Waals surface area contributed by atoms with Crippen molar-refractivity contribution in [2.24, 2.45) is 0 Å². The zero-order valence-electron chi connectivity index (χ0n) is 13.6. The van der Waals surface area contributed by atoms with Gasteiger partial charge < -0.3 is 19.2 Å². The van der Waals surface area contributed by atoms with Gasteiger partial charge in [-0.1, -0.05) is 24.4 Å². The Morgan fingerprint density at radius 3 is 2.58 bits per heavy atom. The van der Waals surface area contributed by atoms with Crippen molar-refractivity contribution in [1.82, 2.24) is 5.32 Å². The zero-order valence-corrected chi connectivity index (χ0v) is 16.1. The second-order valence-corrected chi connectivity index (χ2v) is 9.46. The summed E-state index contributed by atoms with van der Waals surface area (Å²) < 4.78 is 13.5. The molecule has 3 rings (SSSR count). The first-order chi connectivity index (χ1) is 11.6. The molecule has 0 unspecified atom stereocenters. The summed E-state index contributed by atoms with van der Waals surface area (Å²) in [5, 5.41) is 4.07. The highest BCUT2D eigenvalue weighted by atomic mass is 32.4. The van der Waals surface area contributed by atoms with E-state index in [-0.39, 0.29) is 0 Å². The molecule has 1 fully saturated rings. The van der Waals surface area contributed by atoms with Crippen molar-refractivity contribution >= 4 is 46.4 Å². The molecule has 1 aliphatic rings. The highest BCUT2D eigenvalue weighted by Crippen LogP contribution is 2.56. The topological polar surface area (TPSA) is 33.7 Å². The van der Waals surface area contributed by atoms with Crippen LogP contribution in [0, 0.1) is 0 Å². The van der Waals surface area contributed by atoms with Crippen LogP contribution in [0.1, 0.15) is 5.56 Å². The Morgan fingerprint density at radius 2 is 1.92 bits per heavy atom. The van der Waals surface area contributed by atoms with Crippen molar-refractivity contribution in [3.05, 3.63) is 54.1 Å². The molecule has 1 heterocycles. The number of methoxy groups -OCH3 is 1. The average Bonchev–Trinajstić information content (AvgIpc) is 3.03. The number of hydrogen-bond donors (Lipinski definition) is 1. The van der Waals surface area contributed by atoms with Gasteiger partial charge in [-0.2, -0.15) is 0 Å². The minimum absolute atomic E-state index is 0.615. The summed E-state index contributed by atoms with van der Waals surface area (Å²) in [6, 6.07) is 15.9. The number of para-hydroxylation sites is 1. The molecule has 1 N–H and O–H groups in total. The van der Waals surface area contributed by atoms with Crippen LogP contribution in [-0.2, 0) is 16.3 Å². The van der Waals surface area contributed by atoms with E-state index in [0.717, 1.165) is 28.8 Å². The van der Waals surface area contributed by atoms with E-state index in [1.807, 2.05) is 49.5 Å². The molecule has 0 spiro atoms. The van der Waals surface area contributed by atoms with Gasteiger partial charge in [0.25, 0.3) is 0 Å². The van der Waals surface area contributed by atoms with Gasteiger partial charge in [-0.05, 0) is 48.2 Å². The lowest BCUT2D eigenvalue weighted by molar-refractivity contribution is 0.401. The SMILES string of the molecule is CNC(=S)c1ccccc1N1CCO[P@]1(=S)c1ccc(OC)cc1. The molecule has 0 radical (unpaired) electrons. The molecule has 1 atom stereocenters. The molecule has 0 saturated carbocycles. The summed E-state index contributed by atoms with van der Waals surface area (Å²) in [4.78, 5) is 0.703. The zero-order chi connectivity index (χ0) is 17.2. The van der Waals surface area contributed by atoms with E-state index in [2.05, 4.69) is 16.1 Å².